The van der Waals surface area contributed by atoms with Crippen LogP contribution in [0.3, 0.4) is 0 Å². The van der Waals surface area contributed by atoms with Crippen molar-refractivity contribution in [2.24, 2.45) is 0 Å². The van der Waals surface area contributed by atoms with Gasteiger partial charge in [-0.15, -0.1) is 0 Å². The number of hydrogen-bond acceptors (Lipinski definition) is 4. The van der Waals surface area contributed by atoms with Crippen LogP contribution in [-0.2, 0) is 16.1 Å². The van der Waals surface area contributed by atoms with E-state index in [-0.39, 0.29) is 12.5 Å². The van der Waals surface area contributed by atoms with Crippen LogP contribution in [0.2, 0.25) is 0 Å². The minimum Gasteiger partial charge on any atom is -0.396 e. The van der Waals surface area contributed by atoms with E-state index >= 15 is 0 Å². The summed E-state index contributed by atoms with van der Waals surface area (Å²) in [4.78, 5) is 13.8. The molecule has 6 heteroatoms. The third kappa shape index (κ3) is 2.41. The zero-order chi connectivity index (χ0) is 12.4. The third-order valence-electron chi connectivity index (χ3n) is 3.09. The van der Waals surface area contributed by atoms with Gasteiger partial charge in [-0.1, -0.05) is 0 Å². The molecule has 0 radical (unpaired) electrons. The van der Waals surface area contributed by atoms with Crippen LogP contribution in [0.5, 0.6) is 0 Å². The summed E-state index contributed by atoms with van der Waals surface area (Å²) in [6.45, 7) is 6.53. The Bertz CT molecular complexity index is 421. The number of aryl methyl sites for hydroxylation is 1. The fourth-order valence-corrected chi connectivity index (χ4v) is 1.91. The molecule has 94 valence electrons. The summed E-state index contributed by atoms with van der Waals surface area (Å²) in [7, 11) is 0. The molecule has 2 N–H and O–H groups in total. The first kappa shape index (κ1) is 11.9. The number of nitrogen functional groups attached to an aromatic ring is 1. The minimum atomic E-state index is 0.0684. The number of amides is 1. The normalized spacial score (nSPS) is 16.2. The highest BCUT2D eigenvalue weighted by Gasteiger charge is 2.19. The predicted molar refractivity (Wildman–Crippen MR) is 63.5 cm³/mol. The molecule has 6 nitrogen and oxygen atoms in total. The number of carbonyl (C=O) groups is 1. The van der Waals surface area contributed by atoms with Crippen LogP contribution >= 0.6 is 0 Å². The van der Waals surface area contributed by atoms with Gasteiger partial charge < -0.3 is 15.4 Å². The summed E-state index contributed by atoms with van der Waals surface area (Å²) >= 11 is 0. The zero-order valence-electron chi connectivity index (χ0n) is 10.3. The van der Waals surface area contributed by atoms with Gasteiger partial charge in [0.2, 0.25) is 5.91 Å². The topological polar surface area (TPSA) is 73.4 Å². The summed E-state index contributed by atoms with van der Waals surface area (Å²) in [5.74, 6) is 0.0684. The van der Waals surface area contributed by atoms with Crippen LogP contribution in [0.4, 0.5) is 5.69 Å². The maximum absolute atomic E-state index is 12.0. The number of carbonyl (C=O) groups excluding carboxylic acids is 1. The number of nitrogens with zero attached hydrogens (tertiary/aromatic N) is 3. The molecule has 0 bridgehead atoms. The van der Waals surface area contributed by atoms with Crippen LogP contribution in [0.1, 0.15) is 11.4 Å². The molecular weight excluding hydrogens is 220 g/mol. The van der Waals surface area contributed by atoms with Crippen molar-refractivity contribution in [3.05, 3.63) is 11.4 Å². The number of nitrogens with two attached hydrogens (primary N) is 1. The second-order valence-electron chi connectivity index (χ2n) is 4.24. The number of anilines is 1. The smallest absolute Gasteiger partial charge is 0.244 e. The highest BCUT2D eigenvalue weighted by Crippen LogP contribution is 2.14. The van der Waals surface area contributed by atoms with E-state index < -0.39 is 0 Å². The molecule has 0 aliphatic carbocycles. The summed E-state index contributed by atoms with van der Waals surface area (Å²) in [6, 6.07) is 0. The molecular formula is C11H18N4O2. The number of morpholine rings is 1. The van der Waals surface area contributed by atoms with Gasteiger partial charge in [0.1, 0.15) is 6.54 Å². The van der Waals surface area contributed by atoms with Crippen molar-refractivity contribution in [2.75, 3.05) is 32.0 Å². The average molecular weight is 238 g/mol. The Balaban J connectivity index is 2.04. The largest absolute Gasteiger partial charge is 0.396 e. The molecule has 2 heterocycles. The standard InChI is InChI=1S/C11H18N4O2/c1-8-11(12)9(2)15(13-8)7-10(16)14-3-5-17-6-4-14/h3-7,12H2,1-2H3. The first-order valence-electron chi connectivity index (χ1n) is 5.74. The molecule has 0 spiro atoms. The van der Waals surface area contributed by atoms with Crippen molar-refractivity contribution >= 4 is 11.6 Å². The van der Waals surface area contributed by atoms with Crippen molar-refractivity contribution < 1.29 is 9.53 Å². The highest BCUT2D eigenvalue weighted by molar-refractivity contribution is 5.76. The van der Waals surface area contributed by atoms with Crippen molar-refractivity contribution in [1.82, 2.24) is 14.7 Å². The van der Waals surface area contributed by atoms with Crippen molar-refractivity contribution in [3.8, 4) is 0 Å². The molecule has 1 aromatic heterocycles. The maximum Gasteiger partial charge on any atom is 0.244 e. The summed E-state index contributed by atoms with van der Waals surface area (Å²) in [5, 5.41) is 4.26. The van der Waals surface area contributed by atoms with Crippen LogP contribution < -0.4 is 5.73 Å². The molecule has 1 aliphatic heterocycles. The predicted octanol–water partition coefficient (Wildman–Crippen LogP) is -0.0591. The fourth-order valence-electron chi connectivity index (χ4n) is 1.91. The summed E-state index contributed by atoms with van der Waals surface area (Å²) in [6.07, 6.45) is 0. The number of hydrogen-bond donors (Lipinski definition) is 1. The number of rotatable bonds is 2. The first-order valence-corrected chi connectivity index (χ1v) is 5.74. The monoisotopic (exact) mass is 238 g/mol. The Kier molecular flexibility index (Phi) is 3.33. The molecule has 1 aliphatic rings. The van der Waals surface area contributed by atoms with Gasteiger partial charge >= 0.3 is 0 Å². The van der Waals surface area contributed by atoms with Gasteiger partial charge in [0.25, 0.3) is 0 Å². The number of aromatic nitrogens is 2. The van der Waals surface area contributed by atoms with E-state index in [1.165, 1.54) is 0 Å². The van der Waals surface area contributed by atoms with Gasteiger partial charge in [-0.3, -0.25) is 9.48 Å². The van der Waals surface area contributed by atoms with Gasteiger partial charge in [-0.2, -0.15) is 5.10 Å². The Morgan fingerprint density at radius 3 is 2.59 bits per heavy atom. The van der Waals surface area contributed by atoms with E-state index in [0.717, 1.165) is 11.4 Å². The van der Waals surface area contributed by atoms with E-state index in [4.69, 9.17) is 10.5 Å². The van der Waals surface area contributed by atoms with E-state index in [2.05, 4.69) is 5.10 Å². The molecule has 17 heavy (non-hydrogen) atoms. The summed E-state index contributed by atoms with van der Waals surface area (Å²) < 4.78 is 6.88. The van der Waals surface area contributed by atoms with Gasteiger partial charge in [-0.05, 0) is 13.8 Å². The number of ether oxygens (including phenoxy) is 1. The Morgan fingerprint density at radius 1 is 1.41 bits per heavy atom. The minimum absolute atomic E-state index is 0.0684. The lowest BCUT2D eigenvalue weighted by atomic mass is 10.3. The molecule has 1 saturated heterocycles. The lowest BCUT2D eigenvalue weighted by molar-refractivity contribution is -0.136. The van der Waals surface area contributed by atoms with E-state index in [1.54, 1.807) is 9.58 Å². The molecule has 0 unspecified atom stereocenters. The van der Waals surface area contributed by atoms with Gasteiger partial charge in [0, 0.05) is 13.1 Å². The van der Waals surface area contributed by atoms with E-state index in [0.29, 0.717) is 32.0 Å². The fraction of sp³-hybridized carbons (Fsp3) is 0.636. The van der Waals surface area contributed by atoms with E-state index in [1.807, 2.05) is 13.8 Å². The second-order valence-corrected chi connectivity index (χ2v) is 4.24. The van der Waals surface area contributed by atoms with Crippen LogP contribution in [-0.4, -0.2) is 46.9 Å². The first-order chi connectivity index (χ1) is 8.09. The van der Waals surface area contributed by atoms with Gasteiger partial charge in [-0.25, -0.2) is 0 Å². The van der Waals surface area contributed by atoms with Crippen LogP contribution in [0.25, 0.3) is 0 Å². The van der Waals surface area contributed by atoms with E-state index in [9.17, 15) is 4.79 Å². The van der Waals surface area contributed by atoms with Gasteiger partial charge in [0.15, 0.2) is 0 Å². The molecule has 0 saturated carbocycles. The molecule has 1 amide bonds. The molecule has 0 aromatic carbocycles. The Labute approximate surface area is 100 Å². The van der Waals surface area contributed by atoms with Crippen molar-refractivity contribution in [1.29, 1.82) is 0 Å². The molecule has 0 atom stereocenters. The molecule has 1 aromatic rings. The third-order valence-corrected chi connectivity index (χ3v) is 3.09. The summed E-state index contributed by atoms with van der Waals surface area (Å²) in [5.41, 5.74) is 8.12. The zero-order valence-corrected chi connectivity index (χ0v) is 10.3. The van der Waals surface area contributed by atoms with Crippen LogP contribution in [0.15, 0.2) is 0 Å². The maximum atomic E-state index is 12.0. The quantitative estimate of drug-likeness (QED) is 0.783. The average Bonchev–Trinajstić information content (AvgIpc) is 2.58. The molecule has 2 rings (SSSR count). The van der Waals surface area contributed by atoms with Crippen LogP contribution in [0, 0.1) is 13.8 Å². The lowest BCUT2D eigenvalue weighted by Crippen LogP contribution is -2.42. The molecule has 1 fully saturated rings. The van der Waals surface area contributed by atoms with Crippen molar-refractivity contribution in [2.45, 2.75) is 20.4 Å². The highest BCUT2D eigenvalue weighted by atomic mass is 16.5. The van der Waals surface area contributed by atoms with Gasteiger partial charge in [0.05, 0.1) is 30.3 Å². The lowest BCUT2D eigenvalue weighted by Gasteiger charge is -2.26. The SMILES string of the molecule is Cc1nn(CC(=O)N2CCOCC2)c(C)c1N. The second kappa shape index (κ2) is 4.75. The Hall–Kier alpha value is -1.56. The Morgan fingerprint density at radius 2 is 2.06 bits per heavy atom. The van der Waals surface area contributed by atoms with Crippen molar-refractivity contribution in [3.63, 3.8) is 0 Å².